The van der Waals surface area contributed by atoms with Gasteiger partial charge in [-0.15, -0.1) is 0 Å². The van der Waals surface area contributed by atoms with E-state index in [4.69, 9.17) is 23.2 Å². The number of sulfonamides is 1. The van der Waals surface area contributed by atoms with Gasteiger partial charge in [-0.05, 0) is 49.6 Å². The molecule has 144 valence electrons. The fraction of sp³-hybridized carbons (Fsp3) is 0.222. The van der Waals surface area contributed by atoms with Gasteiger partial charge in [0.05, 0.1) is 27.7 Å². The second kappa shape index (κ2) is 8.84. The standard InChI is InChI=1S/C18H19Cl2N3O3S/c1-11-6-12(2)18(13(3)7-11)27(25,26)22-10-17(24)23-21-9-14-4-5-15(19)16(20)8-14/h4-9,22H,10H2,1-3H3,(H,23,24)/b21-9-. The van der Waals surface area contributed by atoms with Crippen LogP contribution in [0.4, 0.5) is 0 Å². The summed E-state index contributed by atoms with van der Waals surface area (Å²) in [4.78, 5) is 12.0. The maximum atomic E-state index is 12.5. The molecule has 0 bridgehead atoms. The van der Waals surface area contributed by atoms with E-state index in [1.165, 1.54) is 6.21 Å². The van der Waals surface area contributed by atoms with Crippen molar-refractivity contribution in [1.29, 1.82) is 0 Å². The minimum absolute atomic E-state index is 0.181. The smallest absolute Gasteiger partial charge is 0.255 e. The highest BCUT2D eigenvalue weighted by molar-refractivity contribution is 7.89. The van der Waals surface area contributed by atoms with E-state index in [0.29, 0.717) is 26.7 Å². The number of amides is 1. The highest BCUT2D eigenvalue weighted by Crippen LogP contribution is 2.22. The van der Waals surface area contributed by atoms with Crippen LogP contribution in [0.25, 0.3) is 0 Å². The highest BCUT2D eigenvalue weighted by atomic mass is 35.5. The van der Waals surface area contributed by atoms with Crippen molar-refractivity contribution in [3.05, 3.63) is 62.6 Å². The topological polar surface area (TPSA) is 87.6 Å². The fourth-order valence-electron chi connectivity index (χ4n) is 2.63. The van der Waals surface area contributed by atoms with E-state index in [0.717, 1.165) is 5.56 Å². The molecule has 2 aromatic rings. The molecule has 0 aromatic heterocycles. The van der Waals surface area contributed by atoms with Gasteiger partial charge in [0.15, 0.2) is 0 Å². The Morgan fingerprint density at radius 2 is 1.70 bits per heavy atom. The summed E-state index contributed by atoms with van der Waals surface area (Å²) in [5, 5.41) is 4.55. The van der Waals surface area contributed by atoms with Gasteiger partial charge in [-0.25, -0.2) is 18.6 Å². The van der Waals surface area contributed by atoms with Gasteiger partial charge >= 0.3 is 0 Å². The fourth-order valence-corrected chi connectivity index (χ4v) is 4.37. The summed E-state index contributed by atoms with van der Waals surface area (Å²) in [6.45, 7) is 4.89. The van der Waals surface area contributed by atoms with Gasteiger partial charge in [0.1, 0.15) is 0 Å². The van der Waals surface area contributed by atoms with Crippen LogP contribution in [-0.4, -0.2) is 27.1 Å². The van der Waals surface area contributed by atoms with Crippen LogP contribution < -0.4 is 10.1 Å². The summed E-state index contributed by atoms with van der Waals surface area (Å²) < 4.78 is 27.3. The van der Waals surface area contributed by atoms with Gasteiger partial charge in [-0.1, -0.05) is 47.0 Å². The molecular formula is C18H19Cl2N3O3S. The van der Waals surface area contributed by atoms with Crippen molar-refractivity contribution in [3.63, 3.8) is 0 Å². The summed E-state index contributed by atoms with van der Waals surface area (Å²) in [5.74, 6) is -0.600. The van der Waals surface area contributed by atoms with Gasteiger partial charge in [-0.3, -0.25) is 4.79 Å². The second-order valence-corrected chi connectivity index (χ2v) is 8.54. The second-order valence-electron chi connectivity index (χ2n) is 6.02. The predicted octanol–water partition coefficient (Wildman–Crippen LogP) is 3.35. The van der Waals surface area contributed by atoms with Crippen molar-refractivity contribution in [2.45, 2.75) is 25.7 Å². The molecule has 0 unspecified atom stereocenters. The van der Waals surface area contributed by atoms with E-state index in [9.17, 15) is 13.2 Å². The Morgan fingerprint density at radius 1 is 1.07 bits per heavy atom. The number of benzene rings is 2. The number of hydrogen-bond acceptors (Lipinski definition) is 4. The lowest BCUT2D eigenvalue weighted by Gasteiger charge is -2.12. The molecule has 2 N–H and O–H groups in total. The van der Waals surface area contributed by atoms with Crippen LogP contribution in [0.5, 0.6) is 0 Å². The summed E-state index contributed by atoms with van der Waals surface area (Å²) in [6, 6.07) is 8.43. The van der Waals surface area contributed by atoms with Crippen LogP contribution in [0.3, 0.4) is 0 Å². The van der Waals surface area contributed by atoms with Crippen molar-refractivity contribution >= 4 is 45.3 Å². The van der Waals surface area contributed by atoms with Crippen molar-refractivity contribution in [1.82, 2.24) is 10.1 Å². The third-order valence-corrected chi connectivity index (χ3v) is 6.09. The van der Waals surface area contributed by atoms with Crippen LogP contribution in [0.15, 0.2) is 40.3 Å². The first-order valence-electron chi connectivity index (χ1n) is 7.94. The van der Waals surface area contributed by atoms with E-state index >= 15 is 0 Å². The molecule has 0 aliphatic carbocycles. The van der Waals surface area contributed by atoms with E-state index in [1.807, 2.05) is 6.92 Å². The van der Waals surface area contributed by atoms with E-state index in [2.05, 4.69) is 15.2 Å². The Kier molecular flexibility index (Phi) is 7.00. The molecule has 0 heterocycles. The molecule has 9 heteroatoms. The third-order valence-electron chi connectivity index (χ3n) is 3.64. The zero-order valence-electron chi connectivity index (χ0n) is 15.0. The molecule has 1 amide bonds. The van der Waals surface area contributed by atoms with Gasteiger partial charge in [-0.2, -0.15) is 5.10 Å². The molecule has 0 atom stereocenters. The van der Waals surface area contributed by atoms with Crippen molar-refractivity contribution < 1.29 is 13.2 Å². The number of halogens is 2. The van der Waals surface area contributed by atoms with Crippen LogP contribution in [0.1, 0.15) is 22.3 Å². The van der Waals surface area contributed by atoms with Crippen LogP contribution in [0.2, 0.25) is 10.0 Å². The van der Waals surface area contributed by atoms with Gasteiger partial charge < -0.3 is 0 Å². The van der Waals surface area contributed by atoms with Gasteiger partial charge in [0.2, 0.25) is 10.0 Å². The first-order valence-corrected chi connectivity index (χ1v) is 10.2. The molecule has 0 fully saturated rings. The lowest BCUT2D eigenvalue weighted by molar-refractivity contribution is -0.119. The lowest BCUT2D eigenvalue weighted by atomic mass is 10.1. The Labute approximate surface area is 168 Å². The summed E-state index contributed by atoms with van der Waals surface area (Å²) in [6.07, 6.45) is 1.38. The lowest BCUT2D eigenvalue weighted by Crippen LogP contribution is -2.35. The number of hydrazone groups is 1. The van der Waals surface area contributed by atoms with Gasteiger partial charge in [0.25, 0.3) is 5.91 Å². The monoisotopic (exact) mass is 427 g/mol. The van der Waals surface area contributed by atoms with Crippen LogP contribution in [0, 0.1) is 20.8 Å². The maximum absolute atomic E-state index is 12.5. The van der Waals surface area contributed by atoms with Crippen LogP contribution >= 0.6 is 23.2 Å². The summed E-state index contributed by atoms with van der Waals surface area (Å²) in [7, 11) is -3.82. The summed E-state index contributed by atoms with van der Waals surface area (Å²) >= 11 is 11.7. The predicted molar refractivity (Wildman–Crippen MR) is 108 cm³/mol. The third kappa shape index (κ3) is 5.77. The molecule has 0 aliphatic rings. The number of nitrogens with one attached hydrogen (secondary N) is 2. The van der Waals surface area contributed by atoms with E-state index < -0.39 is 22.5 Å². The minimum atomic E-state index is -3.82. The Morgan fingerprint density at radius 3 is 2.30 bits per heavy atom. The van der Waals surface area contributed by atoms with Crippen LogP contribution in [-0.2, 0) is 14.8 Å². The zero-order chi connectivity index (χ0) is 20.2. The van der Waals surface area contributed by atoms with Crippen molar-refractivity contribution in [3.8, 4) is 0 Å². The van der Waals surface area contributed by atoms with Crippen molar-refractivity contribution in [2.75, 3.05) is 6.54 Å². The Bertz CT molecular complexity index is 982. The number of carbonyl (C=O) groups excluding carboxylic acids is 1. The molecule has 0 spiro atoms. The number of aryl methyl sites for hydroxylation is 3. The zero-order valence-corrected chi connectivity index (χ0v) is 17.3. The van der Waals surface area contributed by atoms with E-state index in [1.54, 1.807) is 44.2 Å². The normalized spacial score (nSPS) is 11.7. The molecule has 27 heavy (non-hydrogen) atoms. The molecule has 0 radical (unpaired) electrons. The first-order chi connectivity index (χ1) is 12.6. The molecular weight excluding hydrogens is 409 g/mol. The average molecular weight is 428 g/mol. The molecule has 0 saturated carbocycles. The highest BCUT2D eigenvalue weighted by Gasteiger charge is 2.20. The minimum Gasteiger partial charge on any atom is -0.272 e. The molecule has 0 saturated heterocycles. The SMILES string of the molecule is Cc1cc(C)c(S(=O)(=O)NCC(=O)N/N=C\c2ccc(Cl)c(Cl)c2)c(C)c1. The summed E-state index contributed by atoms with van der Waals surface area (Å²) in [5.41, 5.74) is 5.11. The molecule has 2 aromatic carbocycles. The van der Waals surface area contributed by atoms with Gasteiger partial charge in [0, 0.05) is 0 Å². The number of rotatable bonds is 6. The number of carbonyl (C=O) groups is 1. The molecule has 2 rings (SSSR count). The molecule has 6 nitrogen and oxygen atoms in total. The number of nitrogens with zero attached hydrogens (tertiary/aromatic N) is 1. The quantitative estimate of drug-likeness (QED) is 0.547. The number of hydrogen-bond donors (Lipinski definition) is 2. The Balaban J connectivity index is 1.98. The van der Waals surface area contributed by atoms with E-state index in [-0.39, 0.29) is 4.90 Å². The first kappa shape index (κ1) is 21.4. The largest absolute Gasteiger partial charge is 0.272 e. The van der Waals surface area contributed by atoms with Crippen molar-refractivity contribution in [2.24, 2.45) is 5.10 Å². The average Bonchev–Trinajstić information content (AvgIpc) is 2.55. The Hall–Kier alpha value is -1.93. The maximum Gasteiger partial charge on any atom is 0.255 e. The molecule has 0 aliphatic heterocycles.